The lowest BCUT2D eigenvalue weighted by molar-refractivity contribution is 0.0798. The van der Waals surface area contributed by atoms with Crippen LogP contribution in [0.15, 0.2) is 18.3 Å². The highest BCUT2D eigenvalue weighted by molar-refractivity contribution is 5.94. The van der Waals surface area contributed by atoms with E-state index in [-0.39, 0.29) is 5.91 Å². The second-order valence-electron chi connectivity index (χ2n) is 3.99. The van der Waals surface area contributed by atoms with E-state index in [9.17, 15) is 4.79 Å². The van der Waals surface area contributed by atoms with Crippen molar-refractivity contribution in [3.8, 4) is 6.07 Å². The molecule has 1 heterocycles. The molecule has 0 aliphatic rings. The maximum absolute atomic E-state index is 12.0. The summed E-state index contributed by atoms with van der Waals surface area (Å²) in [6.45, 7) is 3.34. The molecule has 0 spiro atoms. The lowest BCUT2D eigenvalue weighted by Gasteiger charge is -2.15. The molecule has 0 saturated heterocycles. The number of nitrogens with one attached hydrogen (secondary N) is 1. The van der Waals surface area contributed by atoms with Gasteiger partial charge in [0.1, 0.15) is 5.82 Å². The van der Waals surface area contributed by atoms with Gasteiger partial charge in [0.25, 0.3) is 5.91 Å². The Morgan fingerprint density at radius 1 is 1.61 bits per heavy atom. The van der Waals surface area contributed by atoms with Crippen LogP contribution in [0.1, 0.15) is 30.1 Å². The van der Waals surface area contributed by atoms with Gasteiger partial charge in [-0.3, -0.25) is 4.79 Å². The molecule has 1 aromatic heterocycles. The molecule has 18 heavy (non-hydrogen) atoms. The van der Waals surface area contributed by atoms with Crippen LogP contribution in [-0.4, -0.2) is 35.9 Å². The first-order valence-corrected chi connectivity index (χ1v) is 6.01. The Morgan fingerprint density at radius 2 is 2.39 bits per heavy atom. The fourth-order valence-electron chi connectivity index (χ4n) is 1.45. The number of aromatic nitrogens is 1. The second kappa shape index (κ2) is 7.28. The van der Waals surface area contributed by atoms with E-state index in [0.29, 0.717) is 24.3 Å². The molecule has 0 aliphatic heterocycles. The number of rotatable bonds is 6. The summed E-state index contributed by atoms with van der Waals surface area (Å²) in [5.41, 5.74) is 0.587. The minimum atomic E-state index is -0.0906. The summed E-state index contributed by atoms with van der Waals surface area (Å²) in [5.74, 6) is 0.614. The third kappa shape index (κ3) is 4.06. The molecular weight excluding hydrogens is 228 g/mol. The molecule has 0 radical (unpaired) electrons. The Labute approximate surface area is 107 Å². The van der Waals surface area contributed by atoms with E-state index in [4.69, 9.17) is 5.26 Å². The maximum atomic E-state index is 12.0. The molecule has 0 saturated carbocycles. The molecule has 0 aliphatic carbocycles. The van der Waals surface area contributed by atoms with Crippen molar-refractivity contribution < 1.29 is 4.79 Å². The second-order valence-corrected chi connectivity index (χ2v) is 3.99. The van der Waals surface area contributed by atoms with Crippen LogP contribution in [-0.2, 0) is 0 Å². The molecule has 1 N–H and O–H groups in total. The molecule has 1 rings (SSSR count). The minimum Gasteiger partial charge on any atom is -0.370 e. The van der Waals surface area contributed by atoms with Gasteiger partial charge >= 0.3 is 0 Å². The van der Waals surface area contributed by atoms with Crippen molar-refractivity contribution in [2.75, 3.05) is 25.5 Å². The number of hydrogen-bond donors (Lipinski definition) is 1. The first-order chi connectivity index (χ1) is 8.69. The van der Waals surface area contributed by atoms with Gasteiger partial charge in [0.15, 0.2) is 0 Å². The lowest BCUT2D eigenvalue weighted by atomic mass is 10.2. The van der Waals surface area contributed by atoms with Crippen LogP contribution >= 0.6 is 0 Å². The average molecular weight is 246 g/mol. The van der Waals surface area contributed by atoms with Gasteiger partial charge in [-0.05, 0) is 18.6 Å². The third-order valence-corrected chi connectivity index (χ3v) is 2.47. The maximum Gasteiger partial charge on any atom is 0.253 e. The van der Waals surface area contributed by atoms with Gasteiger partial charge in [-0.1, -0.05) is 6.92 Å². The van der Waals surface area contributed by atoms with Crippen LogP contribution in [0.4, 0.5) is 5.82 Å². The molecule has 0 aromatic carbocycles. The van der Waals surface area contributed by atoms with Crippen LogP contribution in [0.25, 0.3) is 0 Å². The molecule has 0 fully saturated rings. The number of carbonyl (C=O) groups is 1. The summed E-state index contributed by atoms with van der Waals surface area (Å²) in [5, 5.41) is 11.6. The van der Waals surface area contributed by atoms with Crippen LogP contribution in [0, 0.1) is 11.3 Å². The zero-order chi connectivity index (χ0) is 13.4. The topological polar surface area (TPSA) is 69.0 Å². The van der Waals surface area contributed by atoms with Gasteiger partial charge in [-0.2, -0.15) is 5.26 Å². The van der Waals surface area contributed by atoms with Gasteiger partial charge in [-0.15, -0.1) is 0 Å². The molecule has 1 aromatic rings. The number of hydrogen-bond acceptors (Lipinski definition) is 4. The van der Waals surface area contributed by atoms with Gasteiger partial charge < -0.3 is 10.2 Å². The summed E-state index contributed by atoms with van der Waals surface area (Å²) in [6.07, 6.45) is 2.96. The number of nitriles is 1. The van der Waals surface area contributed by atoms with Crippen molar-refractivity contribution in [2.24, 2.45) is 0 Å². The highest BCUT2D eigenvalue weighted by Gasteiger charge is 2.11. The Morgan fingerprint density at radius 3 is 3.06 bits per heavy atom. The molecule has 96 valence electrons. The monoisotopic (exact) mass is 246 g/mol. The zero-order valence-corrected chi connectivity index (χ0v) is 10.8. The predicted octanol–water partition coefficient (Wildman–Crippen LogP) is 1.89. The zero-order valence-electron chi connectivity index (χ0n) is 10.8. The molecule has 0 unspecified atom stereocenters. The van der Waals surface area contributed by atoms with Crippen molar-refractivity contribution >= 4 is 11.7 Å². The van der Waals surface area contributed by atoms with Crippen LogP contribution in [0.2, 0.25) is 0 Å². The van der Waals surface area contributed by atoms with Crippen LogP contribution < -0.4 is 5.32 Å². The van der Waals surface area contributed by atoms with Gasteiger partial charge in [0.05, 0.1) is 12.5 Å². The molecular formula is C13H18N4O. The summed E-state index contributed by atoms with van der Waals surface area (Å²) in [6, 6.07) is 5.45. The highest BCUT2D eigenvalue weighted by Crippen LogP contribution is 2.09. The Balaban J connectivity index is 2.70. The Hall–Kier alpha value is -2.09. The number of nitrogens with zero attached hydrogens (tertiary/aromatic N) is 3. The van der Waals surface area contributed by atoms with Crippen LogP contribution in [0.5, 0.6) is 0 Å². The SMILES string of the molecule is CCCNc1cc(C(=O)N(C)CCC#N)ccn1. The molecule has 0 atom stereocenters. The van der Waals surface area contributed by atoms with E-state index in [1.54, 1.807) is 30.3 Å². The molecule has 5 heteroatoms. The smallest absolute Gasteiger partial charge is 0.253 e. The van der Waals surface area contributed by atoms with E-state index in [1.807, 2.05) is 6.07 Å². The summed E-state index contributed by atoms with van der Waals surface area (Å²) in [7, 11) is 1.69. The fraction of sp³-hybridized carbons (Fsp3) is 0.462. The van der Waals surface area contributed by atoms with E-state index >= 15 is 0 Å². The first-order valence-electron chi connectivity index (χ1n) is 6.01. The van der Waals surface area contributed by atoms with E-state index < -0.39 is 0 Å². The third-order valence-electron chi connectivity index (χ3n) is 2.47. The summed E-state index contributed by atoms with van der Waals surface area (Å²) < 4.78 is 0. The normalized spacial score (nSPS) is 9.61. The van der Waals surface area contributed by atoms with Crippen molar-refractivity contribution in [1.82, 2.24) is 9.88 Å². The number of carbonyl (C=O) groups excluding carboxylic acids is 1. The van der Waals surface area contributed by atoms with Gasteiger partial charge in [-0.25, -0.2) is 4.98 Å². The number of pyridine rings is 1. The quantitative estimate of drug-likeness (QED) is 0.832. The number of amides is 1. The van der Waals surface area contributed by atoms with E-state index in [1.165, 1.54) is 0 Å². The Bertz CT molecular complexity index is 439. The fourth-order valence-corrected chi connectivity index (χ4v) is 1.45. The standard InChI is InChI=1S/C13H18N4O/c1-3-7-15-12-10-11(5-8-16-12)13(18)17(2)9-4-6-14/h5,8,10H,3-4,7,9H2,1-2H3,(H,15,16). The van der Waals surface area contributed by atoms with Crippen molar-refractivity contribution in [3.05, 3.63) is 23.9 Å². The largest absolute Gasteiger partial charge is 0.370 e. The van der Waals surface area contributed by atoms with E-state index in [0.717, 1.165) is 13.0 Å². The van der Waals surface area contributed by atoms with Crippen LogP contribution in [0.3, 0.4) is 0 Å². The van der Waals surface area contributed by atoms with Crippen molar-refractivity contribution in [1.29, 1.82) is 5.26 Å². The predicted molar refractivity (Wildman–Crippen MR) is 70.2 cm³/mol. The average Bonchev–Trinajstić information content (AvgIpc) is 2.42. The summed E-state index contributed by atoms with van der Waals surface area (Å²) >= 11 is 0. The first kappa shape index (κ1) is 14.0. The molecule has 1 amide bonds. The Kier molecular flexibility index (Phi) is 5.65. The van der Waals surface area contributed by atoms with Crippen molar-refractivity contribution in [2.45, 2.75) is 19.8 Å². The van der Waals surface area contributed by atoms with Gasteiger partial charge in [0, 0.05) is 31.9 Å². The molecule has 0 bridgehead atoms. The summed E-state index contributed by atoms with van der Waals surface area (Å²) in [4.78, 5) is 17.7. The van der Waals surface area contributed by atoms with Gasteiger partial charge in [0.2, 0.25) is 0 Å². The highest BCUT2D eigenvalue weighted by atomic mass is 16.2. The minimum absolute atomic E-state index is 0.0906. The number of anilines is 1. The van der Waals surface area contributed by atoms with Crippen molar-refractivity contribution in [3.63, 3.8) is 0 Å². The lowest BCUT2D eigenvalue weighted by Crippen LogP contribution is -2.27. The molecule has 5 nitrogen and oxygen atoms in total. The van der Waals surface area contributed by atoms with E-state index in [2.05, 4.69) is 17.2 Å².